The number of ether oxygens (including phenoxy) is 2. The summed E-state index contributed by atoms with van der Waals surface area (Å²) in [5.41, 5.74) is 4.83. The highest BCUT2D eigenvalue weighted by Crippen LogP contribution is 2.49. The van der Waals surface area contributed by atoms with E-state index in [9.17, 15) is 9.59 Å². The fourth-order valence-corrected chi connectivity index (χ4v) is 4.89. The zero-order chi connectivity index (χ0) is 23.2. The molecule has 1 spiro atoms. The van der Waals surface area contributed by atoms with Crippen molar-refractivity contribution in [1.29, 1.82) is 0 Å². The number of hydrogen-bond acceptors (Lipinski definition) is 8. The highest BCUT2D eigenvalue weighted by molar-refractivity contribution is 5.95. The molecule has 8 heteroatoms. The lowest BCUT2D eigenvalue weighted by Gasteiger charge is -2.32. The Morgan fingerprint density at radius 2 is 1.67 bits per heavy atom. The van der Waals surface area contributed by atoms with E-state index in [4.69, 9.17) is 14.0 Å². The van der Waals surface area contributed by atoms with Crippen LogP contribution in [0.4, 0.5) is 0 Å². The van der Waals surface area contributed by atoms with Gasteiger partial charge in [0.25, 0.3) is 0 Å². The quantitative estimate of drug-likeness (QED) is 0.659. The van der Waals surface area contributed by atoms with Crippen LogP contribution in [0.15, 0.2) is 41.0 Å². The first-order chi connectivity index (χ1) is 15.9. The molecule has 3 heterocycles. The fourth-order valence-electron chi connectivity index (χ4n) is 4.89. The first kappa shape index (κ1) is 21.6. The van der Waals surface area contributed by atoms with Crippen molar-refractivity contribution in [2.24, 2.45) is 0 Å². The van der Waals surface area contributed by atoms with E-state index in [-0.39, 0.29) is 0 Å². The van der Waals surface area contributed by atoms with E-state index < -0.39 is 17.7 Å². The topological polar surface area (TPSA) is 85.1 Å². The zero-order valence-corrected chi connectivity index (χ0v) is 19.1. The normalized spacial score (nSPS) is 20.4. The number of carbonyl (C=O) groups is 2. The summed E-state index contributed by atoms with van der Waals surface area (Å²) in [5.74, 6) is -2.24. The predicted octanol–water partition coefficient (Wildman–Crippen LogP) is 2.80. The molecule has 8 nitrogen and oxygen atoms in total. The summed E-state index contributed by atoms with van der Waals surface area (Å²) < 4.78 is 17.0. The minimum absolute atomic E-state index is 0.628. The molecule has 3 aliphatic rings. The van der Waals surface area contributed by atoms with Gasteiger partial charge in [0.1, 0.15) is 5.76 Å². The molecule has 1 aliphatic carbocycles. The summed E-state index contributed by atoms with van der Waals surface area (Å²) in [6.45, 7) is 8.66. The lowest BCUT2D eigenvalue weighted by Crippen LogP contribution is -2.44. The highest BCUT2D eigenvalue weighted by atomic mass is 16.7. The van der Waals surface area contributed by atoms with Gasteiger partial charge in [-0.25, -0.2) is 9.59 Å². The van der Waals surface area contributed by atoms with Gasteiger partial charge in [0.2, 0.25) is 0 Å². The van der Waals surface area contributed by atoms with Crippen LogP contribution in [0.5, 0.6) is 0 Å². The van der Waals surface area contributed by atoms with Gasteiger partial charge in [-0.1, -0.05) is 23.4 Å². The number of esters is 2. The highest BCUT2D eigenvalue weighted by Gasteiger charge is 2.48. The Labute approximate surface area is 192 Å². The molecule has 0 amide bonds. The lowest BCUT2D eigenvalue weighted by atomic mass is 9.91. The van der Waals surface area contributed by atoms with Crippen LogP contribution in [0.2, 0.25) is 0 Å². The standard InChI is InChI=1S/C25H27N3O5/c1-16-23(17(2)33-26-16)20-6-4-5-19-18(9-10-28-13-11-27(3)12-14-28)15-25(24(19)20)31-21(29)7-8-22(30)32-25/h4-8,15H,9-14H2,1-3H3. The maximum absolute atomic E-state index is 12.5. The lowest BCUT2D eigenvalue weighted by molar-refractivity contribution is -0.205. The molecule has 1 aromatic heterocycles. The van der Waals surface area contributed by atoms with E-state index in [1.807, 2.05) is 32.0 Å². The van der Waals surface area contributed by atoms with E-state index in [0.717, 1.165) is 73.6 Å². The van der Waals surface area contributed by atoms with Crippen molar-refractivity contribution < 1.29 is 23.6 Å². The van der Waals surface area contributed by atoms with E-state index in [1.165, 1.54) is 0 Å². The summed E-state index contributed by atoms with van der Waals surface area (Å²) in [5, 5.41) is 4.09. The Balaban J connectivity index is 1.58. The number of aromatic nitrogens is 1. The van der Waals surface area contributed by atoms with Crippen molar-refractivity contribution in [1.82, 2.24) is 15.0 Å². The summed E-state index contributed by atoms with van der Waals surface area (Å²) in [7, 11) is 2.13. The molecule has 0 radical (unpaired) electrons. The van der Waals surface area contributed by atoms with Crippen LogP contribution in [0.25, 0.3) is 16.7 Å². The zero-order valence-electron chi connectivity index (χ0n) is 19.1. The predicted molar refractivity (Wildman–Crippen MR) is 121 cm³/mol. The second kappa shape index (κ2) is 8.28. The van der Waals surface area contributed by atoms with Crippen molar-refractivity contribution in [2.75, 3.05) is 39.8 Å². The third kappa shape index (κ3) is 3.89. The van der Waals surface area contributed by atoms with Gasteiger partial charge in [-0.05, 0) is 44.0 Å². The van der Waals surface area contributed by atoms with Crippen LogP contribution in [0, 0.1) is 13.8 Å². The van der Waals surface area contributed by atoms with Crippen molar-refractivity contribution in [3.8, 4) is 11.1 Å². The number of fused-ring (bicyclic) bond motifs is 2. The van der Waals surface area contributed by atoms with Crippen LogP contribution in [0.1, 0.15) is 29.0 Å². The van der Waals surface area contributed by atoms with Crippen LogP contribution >= 0.6 is 0 Å². The average molecular weight is 450 g/mol. The molecule has 0 N–H and O–H groups in total. The SMILES string of the molecule is Cc1noc(C)c1-c1cccc2c1C1(C=C2CCN2CCN(C)CC2)OC(=O)C=CC(=O)O1. The number of rotatable bonds is 4. The molecular weight excluding hydrogens is 422 g/mol. The van der Waals surface area contributed by atoms with Crippen molar-refractivity contribution in [3.05, 3.63) is 59.0 Å². The van der Waals surface area contributed by atoms with Crippen molar-refractivity contribution in [2.45, 2.75) is 26.1 Å². The number of piperazine rings is 1. The summed E-state index contributed by atoms with van der Waals surface area (Å²) >= 11 is 0. The van der Waals surface area contributed by atoms with Crippen LogP contribution < -0.4 is 0 Å². The summed E-state index contributed by atoms with van der Waals surface area (Å²) in [6, 6.07) is 5.87. The number of likely N-dealkylation sites (N-methyl/N-ethyl adjacent to an activating group) is 1. The van der Waals surface area contributed by atoms with Gasteiger partial charge in [-0.2, -0.15) is 0 Å². The van der Waals surface area contributed by atoms with E-state index in [1.54, 1.807) is 6.08 Å². The first-order valence-corrected chi connectivity index (χ1v) is 11.2. The molecule has 2 aromatic rings. The van der Waals surface area contributed by atoms with Gasteiger partial charge in [0.05, 0.1) is 11.3 Å². The van der Waals surface area contributed by atoms with E-state index in [2.05, 4.69) is 22.0 Å². The Morgan fingerprint density at radius 3 is 2.30 bits per heavy atom. The molecule has 172 valence electrons. The third-order valence-electron chi connectivity index (χ3n) is 6.58. The third-order valence-corrected chi connectivity index (χ3v) is 6.58. The van der Waals surface area contributed by atoms with Crippen LogP contribution in [0.3, 0.4) is 0 Å². The van der Waals surface area contributed by atoms with Crippen LogP contribution in [-0.2, 0) is 24.8 Å². The molecule has 1 aromatic carbocycles. The molecule has 1 saturated heterocycles. The number of aryl methyl sites for hydroxylation is 2. The average Bonchev–Trinajstić information content (AvgIpc) is 3.23. The largest absolute Gasteiger partial charge is 0.411 e. The first-order valence-electron chi connectivity index (χ1n) is 11.2. The second-order valence-electron chi connectivity index (χ2n) is 8.83. The molecule has 0 saturated carbocycles. The number of benzene rings is 1. The number of carbonyl (C=O) groups excluding carboxylic acids is 2. The van der Waals surface area contributed by atoms with Gasteiger partial charge < -0.3 is 23.8 Å². The Hall–Kier alpha value is -3.23. The van der Waals surface area contributed by atoms with Gasteiger partial charge in [-0.3, -0.25) is 0 Å². The molecule has 0 bridgehead atoms. The Morgan fingerprint density at radius 1 is 1.00 bits per heavy atom. The maximum Gasteiger partial charge on any atom is 0.334 e. The smallest absolute Gasteiger partial charge is 0.334 e. The van der Waals surface area contributed by atoms with Gasteiger partial charge in [0.15, 0.2) is 0 Å². The molecule has 0 unspecified atom stereocenters. The van der Waals surface area contributed by atoms with Crippen molar-refractivity contribution >= 4 is 17.5 Å². The van der Waals surface area contributed by atoms with E-state index in [0.29, 0.717) is 17.0 Å². The molecule has 0 atom stereocenters. The molecule has 2 aliphatic heterocycles. The Kier molecular flexibility index (Phi) is 5.42. The second-order valence-corrected chi connectivity index (χ2v) is 8.83. The molecular formula is C25H27N3O5. The van der Waals surface area contributed by atoms with E-state index >= 15 is 0 Å². The number of nitrogens with zero attached hydrogens (tertiary/aromatic N) is 3. The minimum atomic E-state index is -1.63. The molecule has 33 heavy (non-hydrogen) atoms. The minimum Gasteiger partial charge on any atom is -0.411 e. The monoisotopic (exact) mass is 449 g/mol. The van der Waals surface area contributed by atoms with Crippen LogP contribution in [-0.4, -0.2) is 66.7 Å². The fraction of sp³-hybridized carbons (Fsp3) is 0.400. The molecule has 5 rings (SSSR count). The number of hydrogen-bond donors (Lipinski definition) is 0. The summed E-state index contributed by atoms with van der Waals surface area (Å²) in [4.78, 5) is 29.7. The van der Waals surface area contributed by atoms with Gasteiger partial charge >= 0.3 is 17.7 Å². The summed E-state index contributed by atoms with van der Waals surface area (Å²) in [6.07, 6.45) is 4.74. The Bertz CT molecular complexity index is 1130. The van der Waals surface area contributed by atoms with Crippen molar-refractivity contribution in [3.63, 3.8) is 0 Å². The van der Waals surface area contributed by atoms with Gasteiger partial charge in [0, 0.05) is 56.5 Å². The van der Waals surface area contributed by atoms with Gasteiger partial charge in [-0.15, -0.1) is 0 Å². The molecule has 1 fully saturated rings. The maximum atomic E-state index is 12.5.